The maximum atomic E-state index is 5.85. The lowest BCUT2D eigenvalue weighted by molar-refractivity contribution is 0.473. The van der Waals surface area contributed by atoms with Gasteiger partial charge < -0.3 is 9.73 Å². The summed E-state index contributed by atoms with van der Waals surface area (Å²) in [5, 5.41) is 3.34. The van der Waals surface area contributed by atoms with Crippen molar-refractivity contribution in [2.75, 3.05) is 0 Å². The zero-order chi connectivity index (χ0) is 13.1. The third kappa shape index (κ3) is 3.24. The first-order valence-electron chi connectivity index (χ1n) is 6.15. The Kier molecular flexibility index (Phi) is 4.25. The van der Waals surface area contributed by atoms with Gasteiger partial charge in [0.2, 0.25) is 0 Å². The van der Waals surface area contributed by atoms with Gasteiger partial charge in [-0.25, -0.2) is 0 Å². The van der Waals surface area contributed by atoms with Gasteiger partial charge in [0, 0.05) is 16.1 Å². The summed E-state index contributed by atoms with van der Waals surface area (Å²) in [5.41, 5.74) is 2.33. The van der Waals surface area contributed by atoms with Gasteiger partial charge in [-0.3, -0.25) is 0 Å². The molecule has 0 bridgehead atoms. The van der Waals surface area contributed by atoms with Gasteiger partial charge in [-0.1, -0.05) is 35.8 Å². The number of hydrogen-bond donors (Lipinski definition) is 1. The molecule has 96 valence electrons. The molecule has 0 atom stereocenters. The predicted molar refractivity (Wildman–Crippen MR) is 78.6 cm³/mol. The van der Waals surface area contributed by atoms with Crippen LogP contribution in [-0.2, 0) is 6.54 Å². The topological polar surface area (TPSA) is 25.2 Å². The number of furan rings is 1. The molecule has 0 radical (unpaired) electrons. The second kappa shape index (κ2) is 5.72. The average Bonchev–Trinajstić information content (AvgIpc) is 2.75. The molecule has 2 rings (SSSR count). The Balaban J connectivity index is 2.18. The fourth-order valence-corrected chi connectivity index (χ4v) is 2.43. The molecule has 18 heavy (non-hydrogen) atoms. The number of benzene rings is 1. The zero-order valence-electron chi connectivity index (χ0n) is 11.0. The third-order valence-electron chi connectivity index (χ3n) is 2.74. The molecule has 2 aromatic rings. The van der Waals surface area contributed by atoms with Gasteiger partial charge in [-0.15, -0.1) is 0 Å². The summed E-state index contributed by atoms with van der Waals surface area (Å²) >= 11 is 3.58. The highest BCUT2D eigenvalue weighted by atomic mass is 79.9. The van der Waals surface area contributed by atoms with Gasteiger partial charge in [-0.2, -0.15) is 0 Å². The maximum Gasteiger partial charge on any atom is 0.135 e. The van der Waals surface area contributed by atoms with E-state index in [4.69, 9.17) is 4.42 Å². The zero-order valence-corrected chi connectivity index (χ0v) is 12.5. The molecule has 0 aliphatic carbocycles. The Morgan fingerprint density at radius 2 is 2.00 bits per heavy atom. The minimum atomic E-state index is 0.463. The Bertz CT molecular complexity index is 531. The molecule has 0 saturated carbocycles. The van der Waals surface area contributed by atoms with Crippen LogP contribution in [0.15, 0.2) is 39.2 Å². The van der Waals surface area contributed by atoms with Gasteiger partial charge in [0.25, 0.3) is 0 Å². The van der Waals surface area contributed by atoms with Crippen molar-refractivity contribution in [3.63, 3.8) is 0 Å². The summed E-state index contributed by atoms with van der Waals surface area (Å²) in [7, 11) is 0. The van der Waals surface area contributed by atoms with E-state index in [1.807, 2.05) is 12.1 Å². The highest BCUT2D eigenvalue weighted by molar-refractivity contribution is 9.10. The van der Waals surface area contributed by atoms with Crippen molar-refractivity contribution in [2.45, 2.75) is 33.4 Å². The van der Waals surface area contributed by atoms with Crippen LogP contribution in [0.25, 0.3) is 11.3 Å². The summed E-state index contributed by atoms with van der Waals surface area (Å²) in [6.07, 6.45) is 0. The van der Waals surface area contributed by atoms with Gasteiger partial charge >= 0.3 is 0 Å². The van der Waals surface area contributed by atoms with Crippen molar-refractivity contribution in [3.8, 4) is 11.3 Å². The quantitative estimate of drug-likeness (QED) is 0.898. The average molecular weight is 308 g/mol. The molecule has 0 unspecified atom stereocenters. The minimum absolute atomic E-state index is 0.463. The number of halogens is 1. The molecular formula is C15H18BrNO. The van der Waals surface area contributed by atoms with Crippen LogP contribution in [0.5, 0.6) is 0 Å². The molecule has 3 heteroatoms. The first kappa shape index (κ1) is 13.4. The maximum absolute atomic E-state index is 5.85. The van der Waals surface area contributed by atoms with Crippen molar-refractivity contribution in [2.24, 2.45) is 0 Å². The van der Waals surface area contributed by atoms with Crippen LogP contribution in [-0.4, -0.2) is 6.04 Å². The summed E-state index contributed by atoms with van der Waals surface area (Å²) in [5.74, 6) is 1.87. The van der Waals surface area contributed by atoms with Gasteiger partial charge in [0.15, 0.2) is 0 Å². The van der Waals surface area contributed by atoms with Crippen molar-refractivity contribution in [1.82, 2.24) is 5.32 Å². The van der Waals surface area contributed by atoms with Gasteiger partial charge in [0.1, 0.15) is 11.5 Å². The standard InChI is InChI=1S/C15H18BrNO/c1-10(2)17-9-12-5-7-15(18-12)13-6-4-11(3)8-14(13)16/h4-8,10,17H,9H2,1-3H3. The summed E-state index contributed by atoms with van der Waals surface area (Å²) in [6, 6.07) is 10.8. The fraction of sp³-hybridized carbons (Fsp3) is 0.333. The minimum Gasteiger partial charge on any atom is -0.460 e. The third-order valence-corrected chi connectivity index (χ3v) is 3.39. The molecule has 0 amide bonds. The molecule has 2 nitrogen and oxygen atoms in total. The molecule has 0 aliphatic rings. The van der Waals surface area contributed by atoms with Crippen LogP contribution in [0.3, 0.4) is 0 Å². The molecule has 1 aromatic heterocycles. The fourth-order valence-electron chi connectivity index (χ4n) is 1.74. The Morgan fingerprint density at radius 1 is 1.22 bits per heavy atom. The molecule has 0 spiro atoms. The summed E-state index contributed by atoms with van der Waals surface area (Å²) in [4.78, 5) is 0. The van der Waals surface area contributed by atoms with E-state index >= 15 is 0 Å². The van der Waals surface area contributed by atoms with E-state index in [9.17, 15) is 0 Å². The van der Waals surface area contributed by atoms with Crippen LogP contribution in [0.4, 0.5) is 0 Å². The molecule has 0 fully saturated rings. The van der Waals surface area contributed by atoms with Gasteiger partial charge in [0.05, 0.1) is 6.54 Å². The van der Waals surface area contributed by atoms with E-state index < -0.39 is 0 Å². The summed E-state index contributed by atoms with van der Waals surface area (Å²) in [6.45, 7) is 7.09. The van der Waals surface area contributed by atoms with Crippen molar-refractivity contribution in [1.29, 1.82) is 0 Å². The Morgan fingerprint density at radius 3 is 2.67 bits per heavy atom. The first-order valence-corrected chi connectivity index (χ1v) is 6.94. The van der Waals surface area contributed by atoms with Crippen LogP contribution in [0.1, 0.15) is 25.2 Å². The lowest BCUT2D eigenvalue weighted by atomic mass is 10.1. The van der Waals surface area contributed by atoms with E-state index in [-0.39, 0.29) is 0 Å². The predicted octanol–water partition coefficient (Wildman–Crippen LogP) is 4.52. The smallest absolute Gasteiger partial charge is 0.135 e. The highest BCUT2D eigenvalue weighted by Gasteiger charge is 2.08. The Labute approximate surface area is 117 Å². The van der Waals surface area contributed by atoms with E-state index in [0.29, 0.717) is 6.04 Å². The second-order valence-electron chi connectivity index (χ2n) is 4.78. The SMILES string of the molecule is Cc1ccc(-c2ccc(CNC(C)C)o2)c(Br)c1. The van der Waals surface area contributed by atoms with Crippen molar-refractivity contribution in [3.05, 3.63) is 46.1 Å². The molecular weight excluding hydrogens is 290 g/mol. The van der Waals surface area contributed by atoms with Gasteiger partial charge in [-0.05, 0) is 36.8 Å². The van der Waals surface area contributed by atoms with Crippen molar-refractivity contribution < 1.29 is 4.42 Å². The molecule has 1 aromatic carbocycles. The normalized spacial score (nSPS) is 11.2. The Hall–Kier alpha value is -1.06. The van der Waals surface area contributed by atoms with E-state index in [1.54, 1.807) is 0 Å². The summed E-state index contributed by atoms with van der Waals surface area (Å²) < 4.78 is 6.92. The first-order chi connectivity index (χ1) is 8.56. The largest absolute Gasteiger partial charge is 0.460 e. The molecule has 0 aliphatic heterocycles. The van der Waals surface area contributed by atoms with Crippen LogP contribution in [0.2, 0.25) is 0 Å². The monoisotopic (exact) mass is 307 g/mol. The lowest BCUT2D eigenvalue weighted by Crippen LogP contribution is -2.21. The lowest BCUT2D eigenvalue weighted by Gasteiger charge is -2.05. The number of nitrogens with one attached hydrogen (secondary N) is 1. The molecule has 1 N–H and O–H groups in total. The number of hydrogen-bond acceptors (Lipinski definition) is 2. The molecule has 1 heterocycles. The van der Waals surface area contributed by atoms with Crippen LogP contribution < -0.4 is 5.32 Å². The molecule has 0 saturated heterocycles. The van der Waals surface area contributed by atoms with E-state index in [0.717, 1.165) is 28.1 Å². The second-order valence-corrected chi connectivity index (χ2v) is 5.64. The van der Waals surface area contributed by atoms with E-state index in [2.05, 4.69) is 60.2 Å². The van der Waals surface area contributed by atoms with E-state index in [1.165, 1.54) is 5.56 Å². The van der Waals surface area contributed by atoms with Crippen LogP contribution >= 0.6 is 15.9 Å². The number of aryl methyl sites for hydroxylation is 1. The van der Waals surface area contributed by atoms with Crippen LogP contribution in [0, 0.1) is 6.92 Å². The van der Waals surface area contributed by atoms with Crippen molar-refractivity contribution >= 4 is 15.9 Å². The highest BCUT2D eigenvalue weighted by Crippen LogP contribution is 2.30. The number of rotatable bonds is 4.